The molecule has 0 aliphatic heterocycles. The highest BCUT2D eigenvalue weighted by Crippen LogP contribution is 2.20. The molecule has 0 amide bonds. The second kappa shape index (κ2) is 7.65. The molecule has 3 rings (SSSR count). The van der Waals surface area contributed by atoms with Crippen molar-refractivity contribution >= 4 is 17.5 Å². The van der Waals surface area contributed by atoms with Crippen LogP contribution < -0.4 is 10.2 Å². The molecule has 128 valence electrons. The first-order valence-electron chi connectivity index (χ1n) is 7.86. The van der Waals surface area contributed by atoms with Gasteiger partial charge in [-0.15, -0.1) is 5.10 Å². The molecule has 3 aromatic rings. The fraction of sp³-hybridized carbons (Fsp3) is 0.167. The van der Waals surface area contributed by atoms with Crippen LogP contribution in [0.4, 0.5) is 26.2 Å². The molecule has 0 atom stereocenters. The zero-order chi connectivity index (χ0) is 17.6. The van der Waals surface area contributed by atoms with E-state index in [0.29, 0.717) is 12.4 Å². The van der Waals surface area contributed by atoms with Crippen LogP contribution >= 0.6 is 0 Å². The van der Waals surface area contributed by atoms with Crippen molar-refractivity contribution in [2.75, 3.05) is 16.8 Å². The van der Waals surface area contributed by atoms with Crippen molar-refractivity contribution in [3.63, 3.8) is 0 Å². The van der Waals surface area contributed by atoms with Gasteiger partial charge in [0, 0.05) is 19.2 Å². The number of aromatic nitrogens is 3. The van der Waals surface area contributed by atoms with Crippen LogP contribution in [0.15, 0.2) is 54.7 Å². The van der Waals surface area contributed by atoms with Crippen molar-refractivity contribution in [3.05, 3.63) is 71.9 Å². The van der Waals surface area contributed by atoms with Crippen LogP contribution in [-0.2, 0) is 6.54 Å². The van der Waals surface area contributed by atoms with Gasteiger partial charge in [0.1, 0.15) is 11.6 Å². The SMILES string of the molecule is CCN(Cc1ccccc1)c1cnnc(Nc2ccc(F)cc2F)n1. The lowest BCUT2D eigenvalue weighted by Crippen LogP contribution is -2.23. The molecule has 7 heteroatoms. The van der Waals surface area contributed by atoms with Gasteiger partial charge in [0.15, 0.2) is 5.82 Å². The number of nitrogens with zero attached hydrogens (tertiary/aromatic N) is 4. The molecule has 0 spiro atoms. The maximum Gasteiger partial charge on any atom is 0.249 e. The van der Waals surface area contributed by atoms with E-state index >= 15 is 0 Å². The van der Waals surface area contributed by atoms with E-state index in [9.17, 15) is 8.78 Å². The minimum Gasteiger partial charge on any atom is -0.351 e. The molecule has 0 radical (unpaired) electrons. The molecule has 25 heavy (non-hydrogen) atoms. The van der Waals surface area contributed by atoms with E-state index in [1.807, 2.05) is 42.2 Å². The monoisotopic (exact) mass is 341 g/mol. The fourth-order valence-electron chi connectivity index (χ4n) is 2.37. The molecular formula is C18H17F2N5. The average Bonchev–Trinajstić information content (AvgIpc) is 2.63. The van der Waals surface area contributed by atoms with E-state index in [4.69, 9.17) is 0 Å². The molecular weight excluding hydrogens is 324 g/mol. The van der Waals surface area contributed by atoms with Gasteiger partial charge < -0.3 is 10.2 Å². The summed E-state index contributed by atoms with van der Waals surface area (Å²) in [5.74, 6) is -0.595. The van der Waals surface area contributed by atoms with E-state index in [1.54, 1.807) is 6.20 Å². The van der Waals surface area contributed by atoms with Crippen LogP contribution in [0, 0.1) is 11.6 Å². The Bertz CT molecular complexity index is 842. The molecule has 0 fully saturated rings. The summed E-state index contributed by atoms with van der Waals surface area (Å²) < 4.78 is 26.8. The molecule has 0 bridgehead atoms. The van der Waals surface area contributed by atoms with Gasteiger partial charge in [0.05, 0.1) is 11.9 Å². The maximum absolute atomic E-state index is 13.8. The molecule has 0 unspecified atom stereocenters. The number of rotatable bonds is 6. The maximum atomic E-state index is 13.8. The first-order chi connectivity index (χ1) is 12.2. The summed E-state index contributed by atoms with van der Waals surface area (Å²) in [5.41, 5.74) is 1.23. The summed E-state index contributed by atoms with van der Waals surface area (Å²) >= 11 is 0. The Morgan fingerprint density at radius 1 is 1.08 bits per heavy atom. The highest BCUT2D eigenvalue weighted by Gasteiger charge is 2.11. The van der Waals surface area contributed by atoms with Gasteiger partial charge in [-0.3, -0.25) is 0 Å². The molecule has 2 aromatic carbocycles. The van der Waals surface area contributed by atoms with E-state index in [1.165, 1.54) is 6.07 Å². The third kappa shape index (κ3) is 4.26. The third-order valence-electron chi connectivity index (χ3n) is 3.65. The number of nitrogens with one attached hydrogen (secondary N) is 1. The zero-order valence-corrected chi connectivity index (χ0v) is 13.7. The van der Waals surface area contributed by atoms with Crippen LogP contribution in [0.2, 0.25) is 0 Å². The topological polar surface area (TPSA) is 53.9 Å². The fourth-order valence-corrected chi connectivity index (χ4v) is 2.37. The van der Waals surface area contributed by atoms with Gasteiger partial charge in [-0.1, -0.05) is 30.3 Å². The molecule has 1 heterocycles. The van der Waals surface area contributed by atoms with Crippen LogP contribution in [0.25, 0.3) is 0 Å². The summed E-state index contributed by atoms with van der Waals surface area (Å²) in [4.78, 5) is 6.40. The quantitative estimate of drug-likeness (QED) is 0.736. The molecule has 0 aliphatic carbocycles. The van der Waals surface area contributed by atoms with Crippen LogP contribution in [0.5, 0.6) is 0 Å². The van der Waals surface area contributed by atoms with E-state index < -0.39 is 11.6 Å². The average molecular weight is 341 g/mol. The normalized spacial score (nSPS) is 10.5. The van der Waals surface area contributed by atoms with E-state index in [-0.39, 0.29) is 11.6 Å². The predicted octanol–water partition coefficient (Wildman–Crippen LogP) is 3.92. The highest BCUT2D eigenvalue weighted by molar-refractivity contribution is 5.55. The van der Waals surface area contributed by atoms with Gasteiger partial charge in [-0.05, 0) is 24.6 Å². The highest BCUT2D eigenvalue weighted by atomic mass is 19.1. The molecule has 0 saturated carbocycles. The van der Waals surface area contributed by atoms with Crippen molar-refractivity contribution < 1.29 is 8.78 Å². The summed E-state index contributed by atoms with van der Waals surface area (Å²) in [7, 11) is 0. The predicted molar refractivity (Wildman–Crippen MR) is 92.6 cm³/mol. The van der Waals surface area contributed by atoms with Crippen molar-refractivity contribution in [2.24, 2.45) is 0 Å². The zero-order valence-electron chi connectivity index (χ0n) is 13.7. The molecule has 1 aromatic heterocycles. The van der Waals surface area contributed by atoms with Gasteiger partial charge in [0.25, 0.3) is 0 Å². The minimum absolute atomic E-state index is 0.0893. The standard InChI is InChI=1S/C18H17F2N5/c1-2-25(12-13-6-4-3-5-7-13)17-11-21-24-18(23-17)22-16-9-8-14(19)10-15(16)20/h3-11H,2,12H2,1H3,(H,22,23,24). The molecule has 1 N–H and O–H groups in total. The van der Waals surface area contributed by atoms with Crippen molar-refractivity contribution in [1.82, 2.24) is 15.2 Å². The van der Waals surface area contributed by atoms with Crippen LogP contribution in [0.3, 0.4) is 0 Å². The van der Waals surface area contributed by atoms with Crippen molar-refractivity contribution in [3.8, 4) is 0 Å². The summed E-state index contributed by atoms with van der Waals surface area (Å²) in [6, 6.07) is 13.2. The Morgan fingerprint density at radius 3 is 2.60 bits per heavy atom. The Morgan fingerprint density at radius 2 is 1.88 bits per heavy atom. The summed E-state index contributed by atoms with van der Waals surface area (Å²) in [6.45, 7) is 3.40. The minimum atomic E-state index is -0.717. The molecule has 0 aliphatic rings. The van der Waals surface area contributed by atoms with Gasteiger partial charge in [0.2, 0.25) is 5.95 Å². The number of hydrogen-bond acceptors (Lipinski definition) is 5. The number of halogens is 2. The molecule has 0 saturated heterocycles. The second-order valence-corrected chi connectivity index (χ2v) is 5.39. The van der Waals surface area contributed by atoms with Gasteiger partial charge >= 0.3 is 0 Å². The summed E-state index contributed by atoms with van der Waals surface area (Å²) in [5, 5.41) is 10.5. The largest absolute Gasteiger partial charge is 0.351 e. The van der Waals surface area contributed by atoms with Crippen LogP contribution in [0.1, 0.15) is 12.5 Å². The number of anilines is 3. The lowest BCUT2D eigenvalue weighted by Gasteiger charge is -2.21. The summed E-state index contributed by atoms with van der Waals surface area (Å²) in [6.07, 6.45) is 1.55. The van der Waals surface area contributed by atoms with Crippen LogP contribution in [-0.4, -0.2) is 21.7 Å². The van der Waals surface area contributed by atoms with E-state index in [0.717, 1.165) is 24.2 Å². The Kier molecular flexibility index (Phi) is 5.13. The number of benzene rings is 2. The first kappa shape index (κ1) is 16.8. The lowest BCUT2D eigenvalue weighted by atomic mass is 10.2. The lowest BCUT2D eigenvalue weighted by molar-refractivity contribution is 0.586. The Labute approximate surface area is 144 Å². The van der Waals surface area contributed by atoms with Crippen molar-refractivity contribution in [2.45, 2.75) is 13.5 Å². The smallest absolute Gasteiger partial charge is 0.249 e. The third-order valence-corrected chi connectivity index (χ3v) is 3.65. The Balaban J connectivity index is 1.80. The van der Waals surface area contributed by atoms with Gasteiger partial charge in [-0.25, -0.2) is 8.78 Å². The second-order valence-electron chi connectivity index (χ2n) is 5.39. The molecule has 5 nitrogen and oxygen atoms in total. The van der Waals surface area contributed by atoms with Crippen molar-refractivity contribution in [1.29, 1.82) is 0 Å². The first-order valence-corrected chi connectivity index (χ1v) is 7.86. The Hall–Kier alpha value is -3.09. The number of hydrogen-bond donors (Lipinski definition) is 1. The van der Waals surface area contributed by atoms with E-state index in [2.05, 4.69) is 20.5 Å². The van der Waals surface area contributed by atoms with Gasteiger partial charge in [-0.2, -0.15) is 10.1 Å².